The lowest BCUT2D eigenvalue weighted by Gasteiger charge is -2.26. The Morgan fingerprint density at radius 1 is 1.24 bits per heavy atom. The van der Waals surface area contributed by atoms with Crippen molar-refractivity contribution in [1.82, 2.24) is 9.88 Å². The van der Waals surface area contributed by atoms with Gasteiger partial charge in [0.05, 0.1) is 19.3 Å². The third kappa shape index (κ3) is 2.71. The molecule has 1 aliphatic carbocycles. The maximum absolute atomic E-state index is 6.22. The van der Waals surface area contributed by atoms with Gasteiger partial charge in [-0.05, 0) is 30.5 Å². The number of nitrogens with zero attached hydrogens (tertiary/aromatic N) is 2. The number of aromatic nitrogens is 1. The highest BCUT2D eigenvalue weighted by Gasteiger charge is 2.44. The normalized spacial score (nSPS) is 32.2. The zero-order chi connectivity index (χ0) is 14.1. The van der Waals surface area contributed by atoms with Gasteiger partial charge in [-0.2, -0.15) is 0 Å². The zero-order valence-electron chi connectivity index (χ0n) is 12.2. The van der Waals surface area contributed by atoms with Gasteiger partial charge in [0.15, 0.2) is 5.79 Å². The van der Waals surface area contributed by atoms with Crippen LogP contribution in [0.5, 0.6) is 0 Å². The van der Waals surface area contributed by atoms with Crippen LogP contribution in [0.1, 0.15) is 37.5 Å². The van der Waals surface area contributed by atoms with Gasteiger partial charge in [-0.3, -0.25) is 9.88 Å². The summed E-state index contributed by atoms with van der Waals surface area (Å²) in [5, 5.41) is 0. The summed E-state index contributed by atoms with van der Waals surface area (Å²) in [4.78, 5) is 6.42. The molecule has 1 aromatic rings. The highest BCUT2D eigenvalue weighted by molar-refractivity contribution is 5.13. The van der Waals surface area contributed by atoms with E-state index in [0.29, 0.717) is 6.61 Å². The molecule has 1 spiro atoms. The summed E-state index contributed by atoms with van der Waals surface area (Å²) < 4.78 is 18.1. The maximum atomic E-state index is 6.22. The van der Waals surface area contributed by atoms with Gasteiger partial charge in [0.2, 0.25) is 0 Å². The number of ether oxygens (including phenoxy) is 3. The van der Waals surface area contributed by atoms with E-state index in [-0.39, 0.29) is 18.1 Å². The molecule has 1 saturated carbocycles. The van der Waals surface area contributed by atoms with Crippen LogP contribution in [0, 0.1) is 0 Å². The van der Waals surface area contributed by atoms with E-state index in [0.717, 1.165) is 38.1 Å². The molecule has 21 heavy (non-hydrogen) atoms. The van der Waals surface area contributed by atoms with E-state index in [1.54, 1.807) is 0 Å². The van der Waals surface area contributed by atoms with E-state index >= 15 is 0 Å². The van der Waals surface area contributed by atoms with Gasteiger partial charge >= 0.3 is 0 Å². The van der Waals surface area contributed by atoms with Crippen molar-refractivity contribution >= 4 is 0 Å². The molecule has 0 unspecified atom stereocenters. The molecule has 3 aliphatic rings. The largest absolute Gasteiger partial charge is 0.358 e. The fraction of sp³-hybridized carbons (Fsp3) is 0.688. The maximum Gasteiger partial charge on any atom is 0.168 e. The van der Waals surface area contributed by atoms with E-state index in [1.165, 1.54) is 12.8 Å². The second-order valence-electron chi connectivity index (χ2n) is 6.17. The van der Waals surface area contributed by atoms with Crippen LogP contribution < -0.4 is 0 Å². The van der Waals surface area contributed by atoms with Crippen molar-refractivity contribution in [3.8, 4) is 0 Å². The van der Waals surface area contributed by atoms with E-state index in [9.17, 15) is 0 Å². The number of rotatable bonds is 3. The highest BCUT2D eigenvalue weighted by atomic mass is 16.7. The molecule has 0 aromatic carbocycles. The molecule has 0 amide bonds. The number of hydrogen-bond donors (Lipinski definition) is 0. The van der Waals surface area contributed by atoms with Gasteiger partial charge in [-0.25, -0.2) is 0 Å². The predicted molar refractivity (Wildman–Crippen MR) is 76.5 cm³/mol. The lowest BCUT2D eigenvalue weighted by Crippen LogP contribution is -2.35. The third-order valence-corrected chi connectivity index (χ3v) is 4.69. The Kier molecular flexibility index (Phi) is 3.67. The molecular weight excluding hydrogens is 268 g/mol. The lowest BCUT2D eigenvalue weighted by atomic mass is 10.2. The second kappa shape index (κ2) is 5.65. The van der Waals surface area contributed by atoms with Crippen LogP contribution in [0.2, 0.25) is 0 Å². The topological polar surface area (TPSA) is 43.8 Å². The minimum atomic E-state index is -0.266. The van der Waals surface area contributed by atoms with Gasteiger partial charge in [0, 0.05) is 38.3 Å². The van der Waals surface area contributed by atoms with Crippen molar-refractivity contribution in [1.29, 1.82) is 0 Å². The Labute approximate surface area is 125 Å². The van der Waals surface area contributed by atoms with Crippen LogP contribution in [0.15, 0.2) is 24.5 Å². The molecule has 0 bridgehead atoms. The van der Waals surface area contributed by atoms with Crippen molar-refractivity contribution in [2.75, 3.05) is 26.3 Å². The number of hydrogen-bond acceptors (Lipinski definition) is 5. The number of pyridine rings is 1. The van der Waals surface area contributed by atoms with Crippen molar-refractivity contribution in [2.24, 2.45) is 0 Å². The molecule has 0 N–H and O–H groups in total. The Balaban J connectivity index is 1.40. The van der Waals surface area contributed by atoms with Gasteiger partial charge in [0.1, 0.15) is 6.23 Å². The molecule has 2 atom stereocenters. The van der Waals surface area contributed by atoms with Crippen LogP contribution in [-0.2, 0) is 14.2 Å². The van der Waals surface area contributed by atoms with E-state index in [4.69, 9.17) is 14.2 Å². The van der Waals surface area contributed by atoms with E-state index < -0.39 is 0 Å². The quantitative estimate of drug-likeness (QED) is 0.853. The molecule has 5 nitrogen and oxygen atoms in total. The molecule has 2 aliphatic heterocycles. The molecule has 1 aromatic heterocycles. The monoisotopic (exact) mass is 290 g/mol. The van der Waals surface area contributed by atoms with E-state index in [1.807, 2.05) is 24.5 Å². The average molecular weight is 290 g/mol. The standard InChI is InChI=1S/C16H22N2O3/c1-2-6-16(5-1)20-12-14(21-16)11-18-9-10-19-15(18)13-3-7-17-8-4-13/h3-4,7-8,14-15H,1-2,5-6,9-12H2/t14-,15+/m0/s1. The first kappa shape index (κ1) is 13.6. The molecule has 5 heteroatoms. The first-order valence-electron chi connectivity index (χ1n) is 7.92. The Hall–Kier alpha value is -1.01. The van der Waals surface area contributed by atoms with Gasteiger partial charge in [0.25, 0.3) is 0 Å². The molecule has 114 valence electrons. The fourth-order valence-electron chi connectivity index (χ4n) is 3.67. The van der Waals surface area contributed by atoms with Crippen LogP contribution in [0.4, 0.5) is 0 Å². The summed E-state index contributed by atoms with van der Waals surface area (Å²) >= 11 is 0. The summed E-state index contributed by atoms with van der Waals surface area (Å²) in [5.74, 6) is -0.266. The highest BCUT2D eigenvalue weighted by Crippen LogP contribution is 2.40. The van der Waals surface area contributed by atoms with Crippen molar-refractivity contribution in [3.05, 3.63) is 30.1 Å². The van der Waals surface area contributed by atoms with Gasteiger partial charge in [-0.15, -0.1) is 0 Å². The van der Waals surface area contributed by atoms with Gasteiger partial charge in [-0.1, -0.05) is 0 Å². The third-order valence-electron chi connectivity index (χ3n) is 4.69. The van der Waals surface area contributed by atoms with Crippen LogP contribution in [-0.4, -0.2) is 48.1 Å². The Bertz CT molecular complexity index is 476. The Morgan fingerprint density at radius 3 is 2.86 bits per heavy atom. The van der Waals surface area contributed by atoms with Crippen molar-refractivity contribution in [3.63, 3.8) is 0 Å². The SMILES string of the molecule is c1cc([C@H]2OCCN2C[C@H]2COC3(CCCC3)O2)ccn1. The molecule has 3 heterocycles. The molecule has 0 radical (unpaired) electrons. The summed E-state index contributed by atoms with van der Waals surface area (Å²) in [5.41, 5.74) is 1.16. The zero-order valence-corrected chi connectivity index (χ0v) is 12.2. The minimum Gasteiger partial charge on any atom is -0.358 e. The summed E-state index contributed by atoms with van der Waals surface area (Å²) in [7, 11) is 0. The smallest absolute Gasteiger partial charge is 0.168 e. The first-order chi connectivity index (χ1) is 10.3. The molecule has 2 saturated heterocycles. The minimum absolute atomic E-state index is 0.0247. The fourth-order valence-corrected chi connectivity index (χ4v) is 3.67. The van der Waals surface area contributed by atoms with Gasteiger partial charge < -0.3 is 14.2 Å². The summed E-state index contributed by atoms with van der Waals surface area (Å²) in [6.45, 7) is 3.29. The molecular formula is C16H22N2O3. The Morgan fingerprint density at radius 2 is 2.05 bits per heavy atom. The van der Waals surface area contributed by atoms with E-state index in [2.05, 4.69) is 9.88 Å². The van der Waals surface area contributed by atoms with Crippen LogP contribution in [0.25, 0.3) is 0 Å². The second-order valence-corrected chi connectivity index (χ2v) is 6.17. The lowest BCUT2D eigenvalue weighted by molar-refractivity contribution is -0.164. The van der Waals surface area contributed by atoms with Crippen LogP contribution >= 0.6 is 0 Å². The van der Waals surface area contributed by atoms with Crippen LogP contribution in [0.3, 0.4) is 0 Å². The average Bonchev–Trinajstić information content (AvgIpc) is 3.24. The van der Waals surface area contributed by atoms with Crippen molar-refractivity contribution < 1.29 is 14.2 Å². The molecule has 3 fully saturated rings. The molecule has 4 rings (SSSR count). The first-order valence-corrected chi connectivity index (χ1v) is 7.92. The summed E-state index contributed by atoms with van der Waals surface area (Å²) in [6, 6.07) is 4.04. The predicted octanol–water partition coefficient (Wildman–Crippen LogP) is 2.10. The summed E-state index contributed by atoms with van der Waals surface area (Å²) in [6.07, 6.45) is 8.36. The van der Waals surface area contributed by atoms with Crippen molar-refractivity contribution in [2.45, 2.75) is 43.8 Å².